The molecule has 2 nitrogen and oxygen atoms in total. The van der Waals surface area contributed by atoms with Gasteiger partial charge in [-0.05, 0) is 6.42 Å². The molecule has 0 amide bonds. The average molecular weight is 136 g/mol. The third-order valence-corrected chi connectivity index (χ3v) is 0.760. The summed E-state index contributed by atoms with van der Waals surface area (Å²) in [5, 5.41) is 0. The Morgan fingerprint density at radius 1 is 1.75 bits per heavy atom. The number of carbonyl (C=O) groups excluding carboxylic acids is 1. The van der Waals surface area contributed by atoms with Crippen LogP contribution in [0.4, 0.5) is 0 Å². The first-order chi connectivity index (χ1) is 3.31. The van der Waals surface area contributed by atoms with Gasteiger partial charge in [-0.25, -0.2) is 0 Å². The Bertz CT molecular complexity index is 63.4. The van der Waals surface area contributed by atoms with Crippen molar-refractivity contribution in [3.05, 3.63) is 0 Å². The van der Waals surface area contributed by atoms with Crippen molar-refractivity contribution in [1.82, 2.24) is 0 Å². The lowest BCUT2D eigenvalue weighted by Gasteiger charge is -1.88. The summed E-state index contributed by atoms with van der Waals surface area (Å²) in [7, 11) is 0. The fourth-order valence-corrected chi connectivity index (χ4v) is 0.341. The first-order valence-corrected chi connectivity index (χ1v) is 2.52. The van der Waals surface area contributed by atoms with Crippen LogP contribution in [0.5, 0.6) is 0 Å². The molecule has 0 unspecified atom stereocenters. The van der Waals surface area contributed by atoms with Crippen molar-refractivity contribution in [3.63, 3.8) is 0 Å². The molecule has 3 heteroatoms. The van der Waals surface area contributed by atoms with E-state index in [1.165, 1.54) is 0 Å². The molecule has 0 heterocycles. The van der Waals surface area contributed by atoms with Gasteiger partial charge in [0.1, 0.15) is 0 Å². The quantitative estimate of drug-likeness (QED) is 0.463. The van der Waals surface area contributed by atoms with Gasteiger partial charge in [0.2, 0.25) is 0 Å². The summed E-state index contributed by atoms with van der Waals surface area (Å²) in [4.78, 5) is 10.1. The molecule has 0 aromatic carbocycles. The lowest BCUT2D eigenvalue weighted by atomic mass is 10.4. The van der Waals surface area contributed by atoms with Gasteiger partial charge >= 0.3 is 5.97 Å². The molecule has 0 atom stereocenters. The molecule has 0 aliphatic rings. The van der Waals surface area contributed by atoms with Gasteiger partial charge in [0.05, 0.1) is 0 Å². The van der Waals surface area contributed by atoms with Crippen LogP contribution in [-0.4, -0.2) is 5.97 Å². The van der Waals surface area contributed by atoms with E-state index in [2.05, 4.69) is 17.1 Å². The third kappa shape index (κ3) is 5.82. The summed E-state index contributed by atoms with van der Waals surface area (Å²) in [5.41, 5.74) is 0. The molecule has 0 spiro atoms. The number of hydrogen-bond donors (Lipinski definition) is 1. The van der Waals surface area contributed by atoms with Crippen LogP contribution in [0.1, 0.15) is 27.2 Å². The minimum atomic E-state index is -0.258. The van der Waals surface area contributed by atoms with E-state index in [1.54, 1.807) is 0 Å². The molecule has 8 heavy (non-hydrogen) atoms. The minimum Gasteiger partial charge on any atom is -0.395 e. The van der Waals surface area contributed by atoms with Gasteiger partial charge in [-0.15, -0.1) is 0 Å². The smallest absolute Gasteiger partial charge is 0.317 e. The highest BCUT2D eigenvalue weighted by atomic mass is 32.1. The molecule has 0 fully saturated rings. The Labute approximate surface area is 55.8 Å². The molecule has 0 bridgehead atoms. The van der Waals surface area contributed by atoms with Gasteiger partial charge in [0.25, 0.3) is 0 Å². The lowest BCUT2D eigenvalue weighted by Crippen LogP contribution is -1.93. The molecule has 0 N–H and O–H groups in total. The zero-order valence-electron chi connectivity index (χ0n) is 4.18. The van der Waals surface area contributed by atoms with E-state index in [9.17, 15) is 4.79 Å². The van der Waals surface area contributed by atoms with Crippen LogP contribution >= 0.6 is 12.9 Å². The Kier molecular flexibility index (Phi) is 9.15. The fourth-order valence-electron chi connectivity index (χ4n) is 0.250. The van der Waals surface area contributed by atoms with Crippen LogP contribution in [0.25, 0.3) is 0 Å². The van der Waals surface area contributed by atoms with E-state index in [4.69, 9.17) is 0 Å². The molecule has 50 valence electrons. The first-order valence-electron chi connectivity index (χ1n) is 2.15. The van der Waals surface area contributed by atoms with Gasteiger partial charge in [-0.2, -0.15) is 0 Å². The summed E-state index contributed by atoms with van der Waals surface area (Å²) in [5.74, 6) is -0.258. The number of thiol groups is 1. The van der Waals surface area contributed by atoms with Crippen molar-refractivity contribution < 1.29 is 8.98 Å². The predicted molar refractivity (Wildman–Crippen MR) is 36.7 cm³/mol. The van der Waals surface area contributed by atoms with Crippen LogP contribution in [-0.2, 0) is 8.98 Å². The number of carbonyl (C=O) groups is 1. The molecule has 0 saturated carbocycles. The zero-order chi connectivity index (χ0) is 5.70. The molecule has 0 aliphatic heterocycles. The van der Waals surface area contributed by atoms with Crippen LogP contribution < -0.4 is 0 Å². The number of hydrogen-bond acceptors (Lipinski definition) is 3. The van der Waals surface area contributed by atoms with Crippen molar-refractivity contribution in [1.29, 1.82) is 0 Å². The SMILES string of the molecule is C.CCCC(=O)OS. The topological polar surface area (TPSA) is 26.3 Å². The van der Waals surface area contributed by atoms with E-state index in [0.717, 1.165) is 6.42 Å². The van der Waals surface area contributed by atoms with E-state index in [0.29, 0.717) is 6.42 Å². The second-order valence-electron chi connectivity index (χ2n) is 1.21. The molecule has 0 aliphatic carbocycles. The normalized spacial score (nSPS) is 7.25. The third-order valence-electron chi connectivity index (χ3n) is 0.556. The van der Waals surface area contributed by atoms with Crippen LogP contribution in [0.3, 0.4) is 0 Å². The summed E-state index contributed by atoms with van der Waals surface area (Å²) >= 11 is 3.30. The lowest BCUT2D eigenvalue weighted by molar-refractivity contribution is -0.132. The standard InChI is InChI=1S/C4H8O2S.CH4/c1-2-3-4(5)6-7;/h7H,2-3H2,1H3;1H4. The molecular formula is C5H12O2S. The largest absolute Gasteiger partial charge is 0.395 e. The highest BCUT2D eigenvalue weighted by Crippen LogP contribution is 1.91. The molecular weight excluding hydrogens is 124 g/mol. The van der Waals surface area contributed by atoms with Crippen molar-refractivity contribution in [2.45, 2.75) is 27.2 Å². The van der Waals surface area contributed by atoms with Crippen molar-refractivity contribution in [2.75, 3.05) is 0 Å². The first kappa shape index (κ1) is 10.7. The zero-order valence-corrected chi connectivity index (χ0v) is 5.07. The van der Waals surface area contributed by atoms with E-state index < -0.39 is 0 Å². The molecule has 0 saturated heterocycles. The highest BCUT2D eigenvalue weighted by molar-refractivity contribution is 7.75. The molecule has 0 radical (unpaired) electrons. The maximum atomic E-state index is 10.1. The highest BCUT2D eigenvalue weighted by Gasteiger charge is 1.93. The van der Waals surface area contributed by atoms with E-state index >= 15 is 0 Å². The van der Waals surface area contributed by atoms with Crippen LogP contribution in [0.2, 0.25) is 0 Å². The molecule has 0 aromatic rings. The maximum Gasteiger partial charge on any atom is 0.317 e. The monoisotopic (exact) mass is 136 g/mol. The Morgan fingerprint density at radius 2 is 2.25 bits per heavy atom. The van der Waals surface area contributed by atoms with E-state index in [-0.39, 0.29) is 13.4 Å². The minimum absolute atomic E-state index is 0. The maximum absolute atomic E-state index is 10.1. The summed E-state index contributed by atoms with van der Waals surface area (Å²) in [6.45, 7) is 1.91. The summed E-state index contributed by atoms with van der Waals surface area (Å²) in [6.07, 6.45) is 1.28. The van der Waals surface area contributed by atoms with Gasteiger partial charge in [0.15, 0.2) is 0 Å². The van der Waals surface area contributed by atoms with Gasteiger partial charge < -0.3 is 4.18 Å². The Balaban J connectivity index is 0. The van der Waals surface area contributed by atoms with E-state index in [1.807, 2.05) is 6.92 Å². The van der Waals surface area contributed by atoms with Gasteiger partial charge in [-0.3, -0.25) is 4.79 Å². The van der Waals surface area contributed by atoms with Crippen molar-refractivity contribution in [2.24, 2.45) is 0 Å². The van der Waals surface area contributed by atoms with Gasteiger partial charge in [0, 0.05) is 19.3 Å². The fraction of sp³-hybridized carbons (Fsp3) is 0.800. The van der Waals surface area contributed by atoms with Crippen molar-refractivity contribution >= 4 is 18.9 Å². The van der Waals surface area contributed by atoms with Gasteiger partial charge in [-0.1, -0.05) is 14.4 Å². The average Bonchev–Trinajstić information content (AvgIpc) is 1.68. The number of rotatable bonds is 2. The molecule has 0 rings (SSSR count). The van der Waals surface area contributed by atoms with Crippen LogP contribution in [0.15, 0.2) is 0 Å². The summed E-state index contributed by atoms with van der Waals surface area (Å²) < 4.78 is 4.05. The molecule has 0 aromatic heterocycles. The second-order valence-corrected chi connectivity index (χ2v) is 1.40. The second kappa shape index (κ2) is 6.82. The summed E-state index contributed by atoms with van der Waals surface area (Å²) in [6, 6.07) is 0. The van der Waals surface area contributed by atoms with Crippen LogP contribution in [0, 0.1) is 0 Å². The Morgan fingerprint density at radius 3 is 2.38 bits per heavy atom. The predicted octanol–water partition coefficient (Wildman–Crippen LogP) is 1.81. The Hall–Kier alpha value is -0.180. The van der Waals surface area contributed by atoms with Crippen molar-refractivity contribution in [3.8, 4) is 0 Å².